The third-order valence-corrected chi connectivity index (χ3v) is 3.61. The molecule has 19 heavy (non-hydrogen) atoms. The molecule has 0 aliphatic carbocycles. The minimum Gasteiger partial charge on any atom is -0.478 e. The zero-order chi connectivity index (χ0) is 14.8. The number of anilines is 1. The van der Waals surface area contributed by atoms with Gasteiger partial charge < -0.3 is 10.2 Å². The van der Waals surface area contributed by atoms with Crippen LogP contribution in [0.5, 0.6) is 0 Å². The molecule has 0 spiro atoms. The van der Waals surface area contributed by atoms with E-state index in [-0.39, 0.29) is 16.8 Å². The fraction of sp³-hybridized carbons (Fsp3) is 0.200. The molecule has 0 fully saturated rings. The van der Waals surface area contributed by atoms with Gasteiger partial charge >= 0.3 is 22.1 Å². The molecule has 1 rings (SSSR count). The van der Waals surface area contributed by atoms with Gasteiger partial charge in [-0.3, -0.25) is 4.72 Å². The molecular weight excluding hydrogens is 276 g/mol. The van der Waals surface area contributed by atoms with Crippen LogP contribution in [0.3, 0.4) is 0 Å². The predicted octanol–water partition coefficient (Wildman–Crippen LogP) is 0.301. The van der Waals surface area contributed by atoms with Gasteiger partial charge in [-0.05, 0) is 18.2 Å². The molecular formula is C10H12N2O6S. The number of nitrogens with zero attached hydrogens (tertiary/aromatic N) is 1. The molecule has 0 aliphatic rings. The largest absolute Gasteiger partial charge is 0.478 e. The molecule has 104 valence electrons. The van der Waals surface area contributed by atoms with E-state index in [0.29, 0.717) is 0 Å². The number of carbonyl (C=O) groups is 2. The Labute approximate surface area is 109 Å². The van der Waals surface area contributed by atoms with Gasteiger partial charge in [-0.1, -0.05) is 0 Å². The second kappa shape index (κ2) is 5.24. The summed E-state index contributed by atoms with van der Waals surface area (Å²) in [5.41, 5.74) is -0.779. The molecule has 9 heteroatoms. The van der Waals surface area contributed by atoms with Crippen LogP contribution in [-0.2, 0) is 10.2 Å². The van der Waals surface area contributed by atoms with Gasteiger partial charge in [0, 0.05) is 14.1 Å². The van der Waals surface area contributed by atoms with Crippen LogP contribution in [0, 0.1) is 0 Å². The quantitative estimate of drug-likeness (QED) is 0.716. The van der Waals surface area contributed by atoms with E-state index < -0.39 is 22.1 Å². The maximum Gasteiger partial charge on any atom is 0.335 e. The van der Waals surface area contributed by atoms with Gasteiger partial charge in [-0.15, -0.1) is 0 Å². The molecule has 0 atom stereocenters. The maximum atomic E-state index is 11.6. The second-order valence-electron chi connectivity index (χ2n) is 3.80. The zero-order valence-electron chi connectivity index (χ0n) is 10.1. The van der Waals surface area contributed by atoms with Crippen molar-refractivity contribution < 1.29 is 28.2 Å². The molecule has 3 N–H and O–H groups in total. The minimum atomic E-state index is -3.84. The smallest absolute Gasteiger partial charge is 0.335 e. The van der Waals surface area contributed by atoms with Crippen LogP contribution in [0.1, 0.15) is 20.7 Å². The summed E-state index contributed by atoms with van der Waals surface area (Å²) in [6.45, 7) is 0. The fourth-order valence-electron chi connectivity index (χ4n) is 1.17. The van der Waals surface area contributed by atoms with Crippen LogP contribution in [-0.4, -0.2) is 49.0 Å². The number of rotatable bonds is 5. The van der Waals surface area contributed by atoms with Crippen molar-refractivity contribution in [3.63, 3.8) is 0 Å². The van der Waals surface area contributed by atoms with Crippen molar-refractivity contribution >= 4 is 27.8 Å². The molecule has 0 unspecified atom stereocenters. The monoisotopic (exact) mass is 288 g/mol. The predicted molar refractivity (Wildman–Crippen MR) is 66.6 cm³/mol. The highest BCUT2D eigenvalue weighted by Gasteiger charge is 2.17. The summed E-state index contributed by atoms with van der Waals surface area (Å²) in [4.78, 5) is 21.7. The average Bonchev–Trinajstić information content (AvgIpc) is 2.27. The maximum absolute atomic E-state index is 11.6. The minimum absolute atomic E-state index is 0.133. The van der Waals surface area contributed by atoms with Crippen molar-refractivity contribution in [1.29, 1.82) is 0 Å². The lowest BCUT2D eigenvalue weighted by molar-refractivity contribution is 0.0696. The lowest BCUT2D eigenvalue weighted by Gasteiger charge is -2.14. The van der Waals surface area contributed by atoms with Gasteiger partial charge in [-0.25, -0.2) is 9.59 Å². The Morgan fingerprint density at radius 3 is 1.79 bits per heavy atom. The average molecular weight is 288 g/mol. The van der Waals surface area contributed by atoms with E-state index in [0.717, 1.165) is 22.5 Å². The third kappa shape index (κ3) is 3.66. The van der Waals surface area contributed by atoms with Crippen molar-refractivity contribution in [1.82, 2.24) is 4.31 Å². The van der Waals surface area contributed by atoms with Gasteiger partial charge in [0.15, 0.2) is 0 Å². The molecule has 1 aromatic rings. The lowest BCUT2D eigenvalue weighted by Crippen LogP contribution is -2.29. The van der Waals surface area contributed by atoms with E-state index >= 15 is 0 Å². The normalized spacial score (nSPS) is 11.3. The van der Waals surface area contributed by atoms with Gasteiger partial charge in [0.1, 0.15) is 0 Å². The second-order valence-corrected chi connectivity index (χ2v) is 5.68. The first kappa shape index (κ1) is 14.9. The van der Waals surface area contributed by atoms with Gasteiger partial charge in [0.25, 0.3) is 0 Å². The fourth-order valence-corrected chi connectivity index (χ4v) is 1.77. The number of carboxylic acid groups (broad SMARTS) is 2. The molecule has 0 saturated heterocycles. The van der Waals surface area contributed by atoms with Gasteiger partial charge in [0.2, 0.25) is 0 Å². The van der Waals surface area contributed by atoms with Crippen molar-refractivity contribution in [2.75, 3.05) is 18.8 Å². The van der Waals surface area contributed by atoms with E-state index in [2.05, 4.69) is 4.72 Å². The molecule has 0 heterocycles. The van der Waals surface area contributed by atoms with Crippen LogP contribution in [0.2, 0.25) is 0 Å². The summed E-state index contributed by atoms with van der Waals surface area (Å²) in [7, 11) is -1.28. The van der Waals surface area contributed by atoms with Crippen molar-refractivity contribution in [3.8, 4) is 0 Å². The van der Waals surface area contributed by atoms with Gasteiger partial charge in [0.05, 0.1) is 16.8 Å². The van der Waals surface area contributed by atoms with Crippen LogP contribution in [0.25, 0.3) is 0 Å². The summed E-state index contributed by atoms with van der Waals surface area (Å²) in [6, 6.07) is 3.02. The molecule has 0 aliphatic heterocycles. The van der Waals surface area contributed by atoms with Crippen LogP contribution in [0.4, 0.5) is 5.69 Å². The Balaban J connectivity index is 3.29. The number of carboxylic acids is 2. The Hall–Kier alpha value is -2.13. The van der Waals surface area contributed by atoms with E-state index in [4.69, 9.17) is 10.2 Å². The molecule has 0 radical (unpaired) electrons. The SMILES string of the molecule is CN(C)S(=O)(=O)Nc1cc(C(=O)O)cc(C(=O)O)c1. The Morgan fingerprint density at radius 1 is 1.05 bits per heavy atom. The van der Waals surface area contributed by atoms with Crippen LogP contribution >= 0.6 is 0 Å². The highest BCUT2D eigenvalue weighted by atomic mass is 32.2. The first-order valence-corrected chi connectivity index (χ1v) is 6.39. The molecule has 0 saturated carbocycles. The highest BCUT2D eigenvalue weighted by Crippen LogP contribution is 2.17. The number of benzene rings is 1. The molecule has 0 amide bonds. The first-order chi connectivity index (χ1) is 8.63. The topological polar surface area (TPSA) is 124 Å². The first-order valence-electron chi connectivity index (χ1n) is 4.95. The Kier molecular flexibility index (Phi) is 4.12. The van der Waals surface area contributed by atoms with Crippen LogP contribution in [0.15, 0.2) is 18.2 Å². The number of hydrogen-bond acceptors (Lipinski definition) is 4. The van der Waals surface area contributed by atoms with E-state index in [1.807, 2.05) is 0 Å². The molecule has 1 aromatic carbocycles. The number of hydrogen-bond donors (Lipinski definition) is 3. The molecule has 8 nitrogen and oxygen atoms in total. The van der Waals surface area contributed by atoms with Gasteiger partial charge in [-0.2, -0.15) is 12.7 Å². The molecule has 0 bridgehead atoms. The van der Waals surface area contributed by atoms with Crippen molar-refractivity contribution in [3.05, 3.63) is 29.3 Å². The number of aromatic carboxylic acids is 2. The molecule has 0 aromatic heterocycles. The summed E-state index contributed by atoms with van der Waals surface area (Å²) in [6.07, 6.45) is 0. The van der Waals surface area contributed by atoms with Crippen molar-refractivity contribution in [2.24, 2.45) is 0 Å². The zero-order valence-corrected chi connectivity index (χ0v) is 10.9. The van der Waals surface area contributed by atoms with E-state index in [1.165, 1.54) is 14.1 Å². The van der Waals surface area contributed by atoms with Crippen molar-refractivity contribution in [2.45, 2.75) is 0 Å². The lowest BCUT2D eigenvalue weighted by atomic mass is 10.1. The highest BCUT2D eigenvalue weighted by molar-refractivity contribution is 7.90. The van der Waals surface area contributed by atoms with E-state index in [1.54, 1.807) is 0 Å². The van der Waals surface area contributed by atoms with E-state index in [9.17, 15) is 18.0 Å². The number of nitrogens with one attached hydrogen (secondary N) is 1. The summed E-state index contributed by atoms with van der Waals surface area (Å²) >= 11 is 0. The summed E-state index contributed by atoms with van der Waals surface area (Å²) in [5.74, 6) is -2.71. The van der Waals surface area contributed by atoms with Crippen LogP contribution < -0.4 is 4.72 Å². The third-order valence-electron chi connectivity index (χ3n) is 2.15. The summed E-state index contributed by atoms with van der Waals surface area (Å²) < 4.78 is 26.1. The Bertz CT molecular complexity index is 591. The standard InChI is InChI=1S/C10H12N2O6S/c1-12(2)19(17,18)11-8-4-6(9(13)14)3-7(5-8)10(15)16/h3-5,11H,1-2H3,(H,13,14)(H,15,16). The Morgan fingerprint density at radius 2 is 1.47 bits per heavy atom. The summed E-state index contributed by atoms with van der Waals surface area (Å²) in [5, 5.41) is 17.7.